The zero-order chi connectivity index (χ0) is 18.8. The fourth-order valence-corrected chi connectivity index (χ4v) is 3.00. The molecule has 8 heteroatoms. The van der Waals surface area contributed by atoms with Gasteiger partial charge in [-0.1, -0.05) is 11.6 Å². The Kier molecular flexibility index (Phi) is 6.19. The molecule has 1 fully saturated rings. The third-order valence-corrected chi connectivity index (χ3v) is 4.20. The average Bonchev–Trinajstić information content (AvgIpc) is 2.49. The highest BCUT2D eigenvalue weighted by Crippen LogP contribution is 2.29. The maximum atomic E-state index is 14.2. The largest absolute Gasteiger partial charge is 0.444 e. The van der Waals surface area contributed by atoms with Crippen molar-refractivity contribution < 1.29 is 22.7 Å². The SMILES string of the molecule is CC(C)(C)OC(=O)N1CCC(Cc2nc(Cl)cc(C(F)F)c2F)CC1. The van der Waals surface area contributed by atoms with Crippen LogP contribution in [0, 0.1) is 11.7 Å². The van der Waals surface area contributed by atoms with E-state index in [1.54, 1.807) is 25.7 Å². The van der Waals surface area contributed by atoms with Crippen LogP contribution in [0.15, 0.2) is 6.07 Å². The van der Waals surface area contributed by atoms with Gasteiger partial charge in [0.25, 0.3) is 6.43 Å². The summed E-state index contributed by atoms with van der Waals surface area (Å²) < 4.78 is 45.2. The normalized spacial score (nSPS) is 16.4. The monoisotopic (exact) mass is 378 g/mol. The van der Waals surface area contributed by atoms with Crippen LogP contribution in [0.5, 0.6) is 0 Å². The molecule has 0 radical (unpaired) electrons. The second-order valence-electron chi connectivity index (χ2n) is 7.21. The van der Waals surface area contributed by atoms with E-state index in [0.717, 1.165) is 6.07 Å². The van der Waals surface area contributed by atoms with E-state index in [9.17, 15) is 18.0 Å². The number of carbonyl (C=O) groups excluding carboxylic acids is 1. The van der Waals surface area contributed by atoms with Gasteiger partial charge in [-0.3, -0.25) is 0 Å². The Balaban J connectivity index is 1.98. The van der Waals surface area contributed by atoms with Gasteiger partial charge in [0.2, 0.25) is 0 Å². The number of piperidine rings is 1. The third kappa shape index (κ3) is 5.49. The molecule has 0 unspecified atom stereocenters. The second-order valence-corrected chi connectivity index (χ2v) is 7.60. The molecular formula is C17H22ClF3N2O2. The number of aromatic nitrogens is 1. The first-order valence-electron chi connectivity index (χ1n) is 8.17. The number of nitrogens with zero attached hydrogens (tertiary/aromatic N) is 2. The van der Waals surface area contributed by atoms with Gasteiger partial charge in [-0.05, 0) is 52.0 Å². The molecule has 1 saturated heterocycles. The third-order valence-electron chi connectivity index (χ3n) is 4.01. The number of alkyl halides is 2. The lowest BCUT2D eigenvalue weighted by atomic mass is 9.91. The van der Waals surface area contributed by atoms with Crippen molar-refractivity contribution in [3.05, 3.63) is 28.3 Å². The summed E-state index contributed by atoms with van der Waals surface area (Å²) >= 11 is 5.73. The number of hydrogen-bond acceptors (Lipinski definition) is 3. The van der Waals surface area contributed by atoms with E-state index < -0.39 is 23.4 Å². The molecular weight excluding hydrogens is 357 g/mol. The highest BCUT2D eigenvalue weighted by atomic mass is 35.5. The van der Waals surface area contributed by atoms with E-state index in [1.807, 2.05) is 0 Å². The molecule has 0 saturated carbocycles. The van der Waals surface area contributed by atoms with Gasteiger partial charge in [0.1, 0.15) is 10.8 Å². The predicted octanol–water partition coefficient (Wildman–Crippen LogP) is 5.00. The zero-order valence-electron chi connectivity index (χ0n) is 14.5. The second kappa shape index (κ2) is 7.81. The van der Waals surface area contributed by atoms with Crippen molar-refractivity contribution in [1.82, 2.24) is 9.88 Å². The van der Waals surface area contributed by atoms with Crippen LogP contribution in [0.25, 0.3) is 0 Å². The van der Waals surface area contributed by atoms with Crippen LogP contribution in [0.2, 0.25) is 5.15 Å². The Bertz CT molecular complexity index is 627. The lowest BCUT2D eigenvalue weighted by Crippen LogP contribution is -2.42. The Morgan fingerprint density at radius 2 is 2.00 bits per heavy atom. The van der Waals surface area contributed by atoms with Gasteiger partial charge in [0.05, 0.1) is 11.3 Å². The van der Waals surface area contributed by atoms with Gasteiger partial charge in [-0.15, -0.1) is 0 Å². The van der Waals surface area contributed by atoms with Gasteiger partial charge in [0.15, 0.2) is 5.82 Å². The number of carbonyl (C=O) groups is 1. The topological polar surface area (TPSA) is 42.4 Å². The fraction of sp³-hybridized carbons (Fsp3) is 0.647. The molecule has 0 atom stereocenters. The van der Waals surface area contributed by atoms with Gasteiger partial charge >= 0.3 is 6.09 Å². The minimum absolute atomic E-state index is 0.0430. The van der Waals surface area contributed by atoms with Crippen molar-refractivity contribution in [2.45, 2.75) is 52.1 Å². The van der Waals surface area contributed by atoms with Crippen molar-refractivity contribution in [1.29, 1.82) is 0 Å². The summed E-state index contributed by atoms with van der Waals surface area (Å²) in [5.74, 6) is -0.946. The summed E-state index contributed by atoms with van der Waals surface area (Å²) in [6.45, 7) is 6.34. The van der Waals surface area contributed by atoms with Crippen molar-refractivity contribution in [2.24, 2.45) is 5.92 Å². The highest BCUT2D eigenvalue weighted by molar-refractivity contribution is 6.29. The average molecular weight is 379 g/mol. The van der Waals surface area contributed by atoms with Crippen LogP contribution >= 0.6 is 11.6 Å². The first-order chi connectivity index (χ1) is 11.6. The van der Waals surface area contributed by atoms with E-state index in [1.165, 1.54) is 0 Å². The predicted molar refractivity (Wildman–Crippen MR) is 88.4 cm³/mol. The molecule has 0 bridgehead atoms. The fourth-order valence-electron chi connectivity index (χ4n) is 2.78. The van der Waals surface area contributed by atoms with E-state index in [2.05, 4.69) is 4.98 Å². The molecule has 140 valence electrons. The van der Waals surface area contributed by atoms with Crippen LogP contribution in [0.3, 0.4) is 0 Å². The molecule has 2 rings (SSSR count). The number of halogens is 4. The van der Waals surface area contributed by atoms with Crippen molar-refractivity contribution >= 4 is 17.7 Å². The van der Waals surface area contributed by atoms with Crippen molar-refractivity contribution in [3.63, 3.8) is 0 Å². The first-order valence-corrected chi connectivity index (χ1v) is 8.55. The van der Waals surface area contributed by atoms with Crippen molar-refractivity contribution in [3.8, 4) is 0 Å². The summed E-state index contributed by atoms with van der Waals surface area (Å²) in [6.07, 6.45) is -1.85. The maximum Gasteiger partial charge on any atom is 0.410 e. The number of rotatable bonds is 3. The van der Waals surface area contributed by atoms with Crippen LogP contribution in [0.1, 0.15) is 51.3 Å². The number of amides is 1. The lowest BCUT2D eigenvalue weighted by Gasteiger charge is -2.33. The van der Waals surface area contributed by atoms with E-state index in [-0.39, 0.29) is 29.3 Å². The highest BCUT2D eigenvalue weighted by Gasteiger charge is 2.28. The molecule has 1 aliphatic rings. The standard InChI is InChI=1S/C17H22ClF3N2O2/c1-17(2,3)25-16(24)23-6-4-10(5-7-23)8-12-14(19)11(15(20)21)9-13(18)22-12/h9-10,15H,4-8H2,1-3H3. The smallest absolute Gasteiger partial charge is 0.410 e. The minimum atomic E-state index is -2.94. The van der Waals surface area contributed by atoms with Gasteiger partial charge in [-0.2, -0.15) is 0 Å². The van der Waals surface area contributed by atoms with E-state index >= 15 is 0 Å². The van der Waals surface area contributed by atoms with Gasteiger partial charge in [0, 0.05) is 13.1 Å². The Morgan fingerprint density at radius 3 is 2.52 bits per heavy atom. The maximum absolute atomic E-state index is 14.2. The van der Waals surface area contributed by atoms with Gasteiger partial charge in [-0.25, -0.2) is 22.9 Å². The summed E-state index contributed by atoms with van der Waals surface area (Å²) in [5.41, 5.74) is -1.33. The molecule has 0 spiro atoms. The molecule has 25 heavy (non-hydrogen) atoms. The Labute approximate surface area is 150 Å². The van der Waals surface area contributed by atoms with Crippen LogP contribution < -0.4 is 0 Å². The molecule has 0 aromatic carbocycles. The molecule has 2 heterocycles. The van der Waals surface area contributed by atoms with Crippen LogP contribution in [0.4, 0.5) is 18.0 Å². The molecule has 1 amide bonds. The Morgan fingerprint density at radius 1 is 1.40 bits per heavy atom. The minimum Gasteiger partial charge on any atom is -0.444 e. The summed E-state index contributed by atoms with van der Waals surface area (Å²) in [6, 6.07) is 0.857. The van der Waals surface area contributed by atoms with Crippen molar-refractivity contribution in [2.75, 3.05) is 13.1 Å². The number of likely N-dealkylation sites (tertiary alicyclic amines) is 1. The van der Waals surface area contributed by atoms with E-state index in [0.29, 0.717) is 25.9 Å². The Hall–Kier alpha value is -1.50. The van der Waals surface area contributed by atoms with E-state index in [4.69, 9.17) is 16.3 Å². The molecule has 4 nitrogen and oxygen atoms in total. The lowest BCUT2D eigenvalue weighted by molar-refractivity contribution is 0.0183. The summed E-state index contributed by atoms with van der Waals surface area (Å²) in [5, 5.41) is -0.141. The number of hydrogen-bond donors (Lipinski definition) is 0. The summed E-state index contributed by atoms with van der Waals surface area (Å²) in [4.78, 5) is 17.5. The first kappa shape index (κ1) is 19.8. The van der Waals surface area contributed by atoms with Gasteiger partial charge < -0.3 is 9.64 Å². The summed E-state index contributed by atoms with van der Waals surface area (Å²) in [7, 11) is 0. The zero-order valence-corrected chi connectivity index (χ0v) is 15.2. The number of ether oxygens (including phenoxy) is 1. The van der Waals surface area contributed by atoms with Crippen LogP contribution in [-0.4, -0.2) is 34.7 Å². The molecule has 1 aromatic heterocycles. The number of pyridine rings is 1. The molecule has 0 aliphatic carbocycles. The molecule has 1 aliphatic heterocycles. The molecule has 0 N–H and O–H groups in total. The molecule has 1 aromatic rings. The van der Waals surface area contributed by atoms with Crippen LogP contribution in [-0.2, 0) is 11.2 Å². The quantitative estimate of drug-likeness (QED) is 0.695.